The highest BCUT2D eigenvalue weighted by Crippen LogP contribution is 2.32. The Morgan fingerprint density at radius 1 is 1.04 bits per heavy atom. The van der Waals surface area contributed by atoms with Crippen LogP contribution in [0.2, 0.25) is 0 Å². The van der Waals surface area contributed by atoms with Crippen LogP contribution in [-0.4, -0.2) is 40.5 Å². The summed E-state index contributed by atoms with van der Waals surface area (Å²) >= 11 is 0. The Balaban J connectivity index is 1.95. The van der Waals surface area contributed by atoms with Crippen LogP contribution in [0.1, 0.15) is 16.8 Å². The molecule has 0 radical (unpaired) electrons. The first-order valence-electron chi connectivity index (χ1n) is 7.98. The first kappa shape index (κ1) is 18.2. The Morgan fingerprint density at radius 3 is 2.46 bits per heavy atom. The zero-order valence-corrected chi connectivity index (χ0v) is 16.2. The number of hydrogen-bond donors (Lipinski definition) is 1. The number of hydrogen-bond acceptors (Lipinski definition) is 6. The fourth-order valence-electron chi connectivity index (χ4n) is 2.84. The third-order valence-electron chi connectivity index (χ3n) is 4.22. The van der Waals surface area contributed by atoms with Crippen molar-refractivity contribution < 1.29 is 18.4 Å². The van der Waals surface area contributed by atoms with Gasteiger partial charge in [-0.25, -0.2) is 9.97 Å². The van der Waals surface area contributed by atoms with E-state index in [9.17, 15) is 4.21 Å². The minimum atomic E-state index is -1.39. The summed E-state index contributed by atoms with van der Waals surface area (Å²) in [5, 5.41) is 0.396. The van der Waals surface area contributed by atoms with Gasteiger partial charge in [0.05, 0.1) is 60.2 Å². The highest BCUT2D eigenvalue weighted by Gasteiger charge is 2.19. The topological polar surface area (TPSA) is 86.3 Å². The van der Waals surface area contributed by atoms with Gasteiger partial charge in [0.25, 0.3) is 0 Å². The van der Waals surface area contributed by atoms with Crippen LogP contribution in [0.5, 0.6) is 17.4 Å². The van der Waals surface area contributed by atoms with E-state index in [-0.39, 0.29) is 5.75 Å². The van der Waals surface area contributed by atoms with Crippen molar-refractivity contribution in [1.29, 1.82) is 0 Å². The molecule has 0 spiro atoms. The molecule has 0 amide bonds. The lowest BCUT2D eigenvalue weighted by molar-refractivity contribution is 0.373. The average molecular weight is 375 g/mol. The molecule has 0 bridgehead atoms. The summed E-state index contributed by atoms with van der Waals surface area (Å²) in [4.78, 5) is 12.0. The first-order valence-corrected chi connectivity index (χ1v) is 9.30. The number of H-pyrrole nitrogens is 1. The number of pyridine rings is 1. The molecule has 138 valence electrons. The van der Waals surface area contributed by atoms with Gasteiger partial charge in [0, 0.05) is 11.6 Å². The Bertz CT molecular complexity index is 984. The number of aromatic amines is 1. The van der Waals surface area contributed by atoms with Gasteiger partial charge in [0.15, 0.2) is 5.16 Å². The summed E-state index contributed by atoms with van der Waals surface area (Å²) in [5.74, 6) is 2.08. The van der Waals surface area contributed by atoms with Crippen LogP contribution in [0.15, 0.2) is 23.4 Å². The van der Waals surface area contributed by atoms with E-state index in [1.807, 2.05) is 32.0 Å². The molecule has 0 saturated carbocycles. The summed E-state index contributed by atoms with van der Waals surface area (Å²) < 4.78 is 28.8. The Labute approximate surface area is 154 Å². The van der Waals surface area contributed by atoms with Crippen molar-refractivity contribution in [2.24, 2.45) is 0 Å². The molecule has 3 rings (SSSR count). The molecule has 0 fully saturated rings. The SMILES string of the molecule is COc1ccc2nc(S(=O)Cc3nc(OC)c(C)c(OC)c3C)[nH]c2c1. The first-order chi connectivity index (χ1) is 12.5. The van der Waals surface area contributed by atoms with E-state index < -0.39 is 10.8 Å². The summed E-state index contributed by atoms with van der Waals surface area (Å²) in [6, 6.07) is 5.47. The van der Waals surface area contributed by atoms with E-state index in [4.69, 9.17) is 14.2 Å². The number of benzene rings is 1. The average Bonchev–Trinajstić information content (AvgIpc) is 3.07. The van der Waals surface area contributed by atoms with Gasteiger partial charge in [-0.3, -0.25) is 4.21 Å². The Hall–Kier alpha value is -2.61. The number of nitrogens with one attached hydrogen (secondary N) is 1. The van der Waals surface area contributed by atoms with Gasteiger partial charge in [0.1, 0.15) is 11.5 Å². The van der Waals surface area contributed by atoms with Crippen LogP contribution in [0.4, 0.5) is 0 Å². The minimum absolute atomic E-state index is 0.204. The van der Waals surface area contributed by atoms with E-state index >= 15 is 0 Å². The number of ether oxygens (including phenoxy) is 3. The van der Waals surface area contributed by atoms with Crippen molar-refractivity contribution in [3.8, 4) is 17.4 Å². The number of imidazole rings is 1. The summed E-state index contributed by atoms with van der Waals surface area (Å²) in [6.07, 6.45) is 0. The molecule has 2 aromatic heterocycles. The second-order valence-electron chi connectivity index (χ2n) is 5.77. The van der Waals surface area contributed by atoms with Crippen LogP contribution < -0.4 is 14.2 Å². The lowest BCUT2D eigenvalue weighted by Gasteiger charge is -2.15. The van der Waals surface area contributed by atoms with Gasteiger partial charge in [-0.1, -0.05) is 0 Å². The fourth-order valence-corrected chi connectivity index (χ4v) is 3.93. The molecule has 0 aliphatic heterocycles. The van der Waals surface area contributed by atoms with E-state index in [2.05, 4.69) is 15.0 Å². The van der Waals surface area contributed by atoms with Crippen molar-refractivity contribution in [1.82, 2.24) is 15.0 Å². The maximum absolute atomic E-state index is 12.8. The molecule has 1 atom stereocenters. The number of rotatable bonds is 6. The summed E-state index contributed by atoms with van der Waals surface area (Å²) in [7, 11) is 3.36. The van der Waals surface area contributed by atoms with Crippen LogP contribution >= 0.6 is 0 Å². The molecule has 3 aromatic rings. The number of aromatic nitrogens is 3. The van der Waals surface area contributed by atoms with Crippen molar-refractivity contribution in [3.63, 3.8) is 0 Å². The molecule has 1 N–H and O–H groups in total. The molecular weight excluding hydrogens is 354 g/mol. The predicted molar refractivity (Wildman–Crippen MR) is 99.6 cm³/mol. The van der Waals surface area contributed by atoms with Gasteiger partial charge < -0.3 is 19.2 Å². The molecule has 0 aliphatic carbocycles. The number of methoxy groups -OCH3 is 3. The Kier molecular flexibility index (Phi) is 5.13. The van der Waals surface area contributed by atoms with Gasteiger partial charge in [-0.2, -0.15) is 0 Å². The molecule has 1 unspecified atom stereocenters. The highest BCUT2D eigenvalue weighted by molar-refractivity contribution is 7.84. The summed E-state index contributed by atoms with van der Waals surface area (Å²) in [6.45, 7) is 3.78. The minimum Gasteiger partial charge on any atom is -0.497 e. The molecule has 7 nitrogen and oxygen atoms in total. The molecular formula is C18H21N3O4S. The molecule has 26 heavy (non-hydrogen) atoms. The van der Waals surface area contributed by atoms with Gasteiger partial charge in [-0.05, 0) is 26.0 Å². The fraction of sp³-hybridized carbons (Fsp3) is 0.333. The molecule has 8 heteroatoms. The molecule has 0 aliphatic rings. The van der Waals surface area contributed by atoms with Crippen LogP contribution in [0.25, 0.3) is 11.0 Å². The number of fused-ring (bicyclic) bond motifs is 1. The second-order valence-corrected chi connectivity index (χ2v) is 7.13. The quantitative estimate of drug-likeness (QED) is 0.713. The summed E-state index contributed by atoms with van der Waals surface area (Å²) in [5.41, 5.74) is 3.82. The normalized spacial score (nSPS) is 12.2. The van der Waals surface area contributed by atoms with Crippen molar-refractivity contribution >= 4 is 21.8 Å². The third kappa shape index (κ3) is 3.24. The van der Waals surface area contributed by atoms with Crippen LogP contribution in [-0.2, 0) is 16.6 Å². The maximum Gasteiger partial charge on any atom is 0.220 e. The van der Waals surface area contributed by atoms with E-state index in [0.29, 0.717) is 28.2 Å². The van der Waals surface area contributed by atoms with Crippen LogP contribution in [0, 0.1) is 13.8 Å². The van der Waals surface area contributed by atoms with Crippen molar-refractivity contribution in [3.05, 3.63) is 35.0 Å². The monoisotopic (exact) mass is 375 g/mol. The Morgan fingerprint density at radius 2 is 1.81 bits per heavy atom. The zero-order chi connectivity index (χ0) is 18.8. The molecule has 2 heterocycles. The van der Waals surface area contributed by atoms with E-state index in [1.54, 1.807) is 21.3 Å². The van der Waals surface area contributed by atoms with Gasteiger partial charge in [0.2, 0.25) is 5.88 Å². The zero-order valence-electron chi connectivity index (χ0n) is 15.4. The second kappa shape index (κ2) is 7.33. The number of nitrogens with zero attached hydrogens (tertiary/aromatic N) is 2. The lowest BCUT2D eigenvalue weighted by atomic mass is 10.1. The standard InChI is InChI=1S/C18H21N3O4S/c1-10-15(19-17(25-5)11(2)16(10)24-4)9-26(22)18-20-13-7-6-12(23-3)8-14(13)21-18/h6-8H,9H2,1-5H3,(H,20,21). The third-order valence-corrected chi connectivity index (χ3v) is 5.38. The van der Waals surface area contributed by atoms with E-state index in [0.717, 1.165) is 22.2 Å². The van der Waals surface area contributed by atoms with Crippen molar-refractivity contribution in [2.75, 3.05) is 21.3 Å². The molecule has 1 aromatic carbocycles. The lowest BCUT2D eigenvalue weighted by Crippen LogP contribution is -2.07. The van der Waals surface area contributed by atoms with Gasteiger partial charge in [-0.15, -0.1) is 0 Å². The highest BCUT2D eigenvalue weighted by atomic mass is 32.2. The molecule has 0 saturated heterocycles. The van der Waals surface area contributed by atoms with Crippen molar-refractivity contribution in [2.45, 2.75) is 24.8 Å². The predicted octanol–water partition coefficient (Wildman–Crippen LogP) is 2.91. The van der Waals surface area contributed by atoms with Gasteiger partial charge >= 0.3 is 0 Å². The smallest absolute Gasteiger partial charge is 0.220 e. The van der Waals surface area contributed by atoms with E-state index in [1.165, 1.54) is 0 Å². The van der Waals surface area contributed by atoms with Crippen LogP contribution in [0.3, 0.4) is 0 Å². The maximum atomic E-state index is 12.8. The largest absolute Gasteiger partial charge is 0.497 e.